The van der Waals surface area contributed by atoms with E-state index in [9.17, 15) is 0 Å². The van der Waals surface area contributed by atoms with Crippen LogP contribution in [0.4, 0.5) is 5.69 Å². The molecule has 6 heterocycles. The summed E-state index contributed by atoms with van der Waals surface area (Å²) in [5, 5.41) is 0. The van der Waals surface area contributed by atoms with Crippen molar-refractivity contribution in [2.45, 2.75) is 30.3 Å². The van der Waals surface area contributed by atoms with Crippen LogP contribution in [0.3, 0.4) is 0 Å². The van der Waals surface area contributed by atoms with E-state index in [1.54, 1.807) is 28.4 Å². The van der Waals surface area contributed by atoms with Crippen LogP contribution in [0.15, 0.2) is 22.7 Å². The number of hydrogen-bond acceptors (Lipinski definition) is 7. The Kier molecular flexibility index (Phi) is 3.93. The molecule has 1 aromatic carbocycles. The van der Waals surface area contributed by atoms with Gasteiger partial charge in [0.2, 0.25) is 5.90 Å². The van der Waals surface area contributed by atoms with E-state index >= 15 is 0 Å². The van der Waals surface area contributed by atoms with Crippen LogP contribution in [0.25, 0.3) is 0 Å². The monoisotopic (exact) mass is 412 g/mol. The minimum Gasteiger partial charge on any atom is -0.494 e. The quantitative estimate of drug-likeness (QED) is 0.693. The van der Waals surface area contributed by atoms with E-state index in [1.165, 1.54) is 5.57 Å². The number of piperidine rings is 3. The molecule has 0 aliphatic carbocycles. The zero-order valence-electron chi connectivity index (χ0n) is 17.9. The molecule has 6 aliphatic heterocycles. The van der Waals surface area contributed by atoms with Crippen LogP contribution in [0.2, 0.25) is 0 Å². The Hall–Kier alpha value is -2.25. The maximum Gasteiger partial charge on any atom is 0.201 e. The molecule has 160 valence electrons. The molecule has 7 rings (SSSR count). The van der Waals surface area contributed by atoms with E-state index in [-0.39, 0.29) is 5.41 Å². The highest BCUT2D eigenvalue weighted by atomic mass is 16.5. The Labute approximate surface area is 176 Å². The first-order valence-electron chi connectivity index (χ1n) is 10.7. The molecule has 1 aromatic rings. The lowest BCUT2D eigenvalue weighted by Gasteiger charge is -2.54. The Balaban J connectivity index is 1.54. The van der Waals surface area contributed by atoms with Gasteiger partial charge in [0.25, 0.3) is 0 Å². The number of methoxy groups -OCH3 is 4. The van der Waals surface area contributed by atoms with Crippen LogP contribution in [0, 0.1) is 11.8 Å². The predicted molar refractivity (Wildman–Crippen MR) is 111 cm³/mol. The minimum absolute atomic E-state index is 0.302. The van der Waals surface area contributed by atoms with Gasteiger partial charge in [-0.2, -0.15) is 0 Å². The highest BCUT2D eigenvalue weighted by Gasteiger charge is 2.70. The van der Waals surface area contributed by atoms with Gasteiger partial charge in [0.1, 0.15) is 11.4 Å². The third-order valence-electron chi connectivity index (χ3n) is 8.05. The van der Waals surface area contributed by atoms with Gasteiger partial charge < -0.3 is 23.7 Å². The summed E-state index contributed by atoms with van der Waals surface area (Å²) < 4.78 is 29.1. The molecule has 6 aliphatic rings. The second kappa shape index (κ2) is 6.37. The Bertz CT molecular complexity index is 973. The van der Waals surface area contributed by atoms with Crippen LogP contribution in [0.1, 0.15) is 18.4 Å². The number of hydrogen-bond donors (Lipinski definition) is 0. The number of fused-ring (bicyclic) bond motifs is 2. The van der Waals surface area contributed by atoms with Crippen LogP contribution >= 0.6 is 0 Å². The van der Waals surface area contributed by atoms with Gasteiger partial charge in [-0.3, -0.25) is 4.90 Å². The van der Waals surface area contributed by atoms with Crippen molar-refractivity contribution >= 4 is 11.6 Å². The number of benzene rings is 1. The fourth-order valence-electron chi connectivity index (χ4n) is 6.91. The summed E-state index contributed by atoms with van der Waals surface area (Å²) >= 11 is 0. The number of ether oxygens (including phenoxy) is 5. The van der Waals surface area contributed by atoms with Crippen LogP contribution < -0.4 is 14.2 Å². The second-order valence-corrected chi connectivity index (χ2v) is 8.94. The number of aliphatic imine (C=N–C) groups is 1. The molecule has 0 saturated carbocycles. The van der Waals surface area contributed by atoms with Crippen LogP contribution in [-0.2, 0) is 14.9 Å². The first-order chi connectivity index (χ1) is 14.7. The first kappa shape index (κ1) is 18.5. The fourth-order valence-corrected chi connectivity index (χ4v) is 6.91. The second-order valence-electron chi connectivity index (χ2n) is 8.94. The highest BCUT2D eigenvalue weighted by molar-refractivity contribution is 6.01. The van der Waals surface area contributed by atoms with Gasteiger partial charge in [-0.15, -0.1) is 0 Å². The molecular weight excluding hydrogens is 384 g/mol. The van der Waals surface area contributed by atoms with Gasteiger partial charge >= 0.3 is 0 Å². The smallest absolute Gasteiger partial charge is 0.201 e. The lowest BCUT2D eigenvalue weighted by Crippen LogP contribution is -2.61. The van der Waals surface area contributed by atoms with Crippen molar-refractivity contribution in [3.8, 4) is 17.2 Å². The molecule has 5 fully saturated rings. The molecule has 0 N–H and O–H groups in total. The molecule has 1 spiro atoms. The number of rotatable bonds is 5. The summed E-state index contributed by atoms with van der Waals surface area (Å²) in [6, 6.07) is 2.70. The van der Waals surface area contributed by atoms with Gasteiger partial charge in [0, 0.05) is 43.3 Å². The van der Waals surface area contributed by atoms with E-state index < -0.39 is 0 Å². The van der Waals surface area contributed by atoms with E-state index in [2.05, 4.69) is 11.0 Å². The SMILES string of the molecule is COC/C=C1\CN2[C@H]3C[C@H]1C1COC4=Nc5c(OC)cc(OC)c(OC)c5[C@]43C[C@@H]12. The third-order valence-corrected chi connectivity index (χ3v) is 8.05. The zero-order valence-corrected chi connectivity index (χ0v) is 17.9. The molecule has 7 nitrogen and oxygen atoms in total. The fraction of sp³-hybridized carbons (Fsp3) is 0.609. The van der Waals surface area contributed by atoms with Gasteiger partial charge in [-0.25, -0.2) is 4.99 Å². The molecule has 30 heavy (non-hydrogen) atoms. The van der Waals surface area contributed by atoms with Crippen molar-refractivity contribution in [3.05, 3.63) is 23.3 Å². The number of nitrogens with zero attached hydrogens (tertiary/aromatic N) is 2. The first-order valence-corrected chi connectivity index (χ1v) is 10.7. The van der Waals surface area contributed by atoms with Gasteiger partial charge in [-0.05, 0) is 18.8 Å². The van der Waals surface area contributed by atoms with Gasteiger partial charge in [-0.1, -0.05) is 11.6 Å². The summed E-state index contributed by atoms with van der Waals surface area (Å²) in [5.41, 5.74) is 3.12. The maximum absolute atomic E-state index is 6.46. The molecular formula is C23H28N2O5. The largest absolute Gasteiger partial charge is 0.494 e. The van der Waals surface area contributed by atoms with Crippen molar-refractivity contribution in [1.82, 2.24) is 4.90 Å². The summed E-state index contributed by atoms with van der Waals surface area (Å²) in [7, 11) is 6.81. The lowest BCUT2D eigenvalue weighted by molar-refractivity contribution is -0.0156. The van der Waals surface area contributed by atoms with Crippen LogP contribution in [-0.4, -0.2) is 71.1 Å². The minimum atomic E-state index is -0.302. The van der Waals surface area contributed by atoms with Gasteiger partial charge in [0.05, 0.1) is 40.0 Å². The summed E-state index contributed by atoms with van der Waals surface area (Å²) in [6.07, 6.45) is 4.40. The molecule has 7 heteroatoms. The Morgan fingerprint density at radius 1 is 1.20 bits per heavy atom. The molecule has 0 amide bonds. The normalized spacial score (nSPS) is 38.1. The van der Waals surface area contributed by atoms with Crippen molar-refractivity contribution < 1.29 is 23.7 Å². The maximum atomic E-state index is 6.46. The molecule has 2 unspecified atom stereocenters. The Morgan fingerprint density at radius 3 is 2.77 bits per heavy atom. The molecule has 0 aromatic heterocycles. The highest BCUT2D eigenvalue weighted by Crippen LogP contribution is 2.66. The van der Waals surface area contributed by atoms with E-state index in [0.717, 1.165) is 42.3 Å². The average Bonchev–Trinajstić information content (AvgIpc) is 3.14. The Morgan fingerprint density at radius 2 is 2.03 bits per heavy atom. The van der Waals surface area contributed by atoms with Crippen molar-refractivity contribution in [2.24, 2.45) is 16.8 Å². The zero-order chi connectivity index (χ0) is 20.6. The summed E-state index contributed by atoms with van der Waals surface area (Å²) in [6.45, 7) is 2.39. The van der Waals surface area contributed by atoms with Crippen LogP contribution in [0.5, 0.6) is 17.2 Å². The standard InChI is InChI=1S/C23H28N2O5/c1-26-6-5-12-10-25-15-9-23-18(25)7-13(12)14(15)11-30-22(23)24-20-16(27-2)8-17(28-3)21(29-4)19(20)23/h5,8,13-15,18H,6-7,9-11H2,1-4H3/b12-5+/t13-,14?,15+,18+,23-/m1/s1. The molecule has 0 radical (unpaired) electrons. The lowest BCUT2D eigenvalue weighted by atomic mass is 9.68. The summed E-state index contributed by atoms with van der Waals surface area (Å²) in [4.78, 5) is 7.70. The topological polar surface area (TPSA) is 61.8 Å². The van der Waals surface area contributed by atoms with E-state index in [0.29, 0.717) is 48.6 Å². The van der Waals surface area contributed by atoms with E-state index in [1.807, 2.05) is 6.07 Å². The third kappa shape index (κ3) is 2.05. The average molecular weight is 412 g/mol. The van der Waals surface area contributed by atoms with E-state index in [4.69, 9.17) is 28.7 Å². The van der Waals surface area contributed by atoms with Crippen molar-refractivity contribution in [2.75, 3.05) is 48.2 Å². The summed E-state index contributed by atoms with van der Waals surface area (Å²) in [5.74, 6) is 4.03. The van der Waals surface area contributed by atoms with Gasteiger partial charge in [0.15, 0.2) is 11.5 Å². The predicted octanol–water partition coefficient (Wildman–Crippen LogP) is 2.69. The molecule has 5 bridgehead atoms. The molecule has 6 atom stereocenters. The molecule has 5 saturated heterocycles. The van der Waals surface area contributed by atoms with Crippen molar-refractivity contribution in [3.63, 3.8) is 0 Å². The van der Waals surface area contributed by atoms with Crippen molar-refractivity contribution in [1.29, 1.82) is 0 Å².